The number of aromatic nitrogens is 4. The lowest BCUT2D eigenvalue weighted by atomic mass is 10.3. The minimum Gasteiger partial charge on any atom is -0.342 e. The summed E-state index contributed by atoms with van der Waals surface area (Å²) < 4.78 is 1.72. The predicted octanol–water partition coefficient (Wildman–Crippen LogP) is 2.48. The van der Waals surface area contributed by atoms with Crippen LogP contribution >= 0.6 is 11.8 Å². The molecule has 2 rings (SSSR count). The SMILES string of the molecule is CCCN(CCC)C(=O)CSc1nc2nc(C)cc(C)n2n1. The van der Waals surface area contributed by atoms with Crippen LogP contribution in [0.2, 0.25) is 0 Å². The molecule has 0 aromatic carbocycles. The van der Waals surface area contributed by atoms with Crippen molar-refractivity contribution in [2.45, 2.75) is 45.7 Å². The van der Waals surface area contributed by atoms with Crippen LogP contribution in [0.4, 0.5) is 0 Å². The van der Waals surface area contributed by atoms with Gasteiger partial charge in [-0.25, -0.2) is 9.50 Å². The highest BCUT2D eigenvalue weighted by molar-refractivity contribution is 7.99. The molecule has 0 bridgehead atoms. The lowest BCUT2D eigenvalue weighted by molar-refractivity contribution is -0.128. The van der Waals surface area contributed by atoms with Gasteiger partial charge in [0, 0.05) is 24.5 Å². The molecule has 0 aliphatic carbocycles. The molecule has 22 heavy (non-hydrogen) atoms. The maximum atomic E-state index is 12.3. The number of carbonyl (C=O) groups is 1. The Hall–Kier alpha value is -1.63. The molecule has 0 N–H and O–H groups in total. The van der Waals surface area contributed by atoms with Gasteiger partial charge >= 0.3 is 0 Å². The number of carbonyl (C=O) groups excluding carboxylic acids is 1. The van der Waals surface area contributed by atoms with E-state index in [-0.39, 0.29) is 5.91 Å². The highest BCUT2D eigenvalue weighted by Crippen LogP contribution is 2.16. The van der Waals surface area contributed by atoms with Crippen molar-refractivity contribution in [1.82, 2.24) is 24.5 Å². The average Bonchev–Trinajstić information content (AvgIpc) is 2.87. The van der Waals surface area contributed by atoms with Crippen LogP contribution in [0.3, 0.4) is 0 Å². The second-order valence-corrected chi connectivity index (χ2v) is 6.26. The van der Waals surface area contributed by atoms with Crippen molar-refractivity contribution >= 4 is 23.4 Å². The molecule has 120 valence electrons. The van der Waals surface area contributed by atoms with E-state index in [0.29, 0.717) is 16.7 Å². The smallest absolute Gasteiger partial charge is 0.253 e. The topological polar surface area (TPSA) is 63.4 Å². The molecule has 0 radical (unpaired) electrons. The molecule has 0 saturated carbocycles. The van der Waals surface area contributed by atoms with E-state index in [1.165, 1.54) is 11.8 Å². The van der Waals surface area contributed by atoms with E-state index in [1.54, 1.807) is 4.52 Å². The lowest BCUT2D eigenvalue weighted by Gasteiger charge is -2.20. The molecule has 2 heterocycles. The first kappa shape index (κ1) is 16.7. The number of hydrogen-bond acceptors (Lipinski definition) is 5. The average molecular weight is 321 g/mol. The van der Waals surface area contributed by atoms with Gasteiger partial charge in [-0.1, -0.05) is 25.6 Å². The van der Waals surface area contributed by atoms with Crippen LogP contribution in [0, 0.1) is 13.8 Å². The molecule has 2 aromatic heterocycles. The number of aryl methyl sites for hydroxylation is 2. The summed E-state index contributed by atoms with van der Waals surface area (Å²) in [6.07, 6.45) is 1.96. The second kappa shape index (κ2) is 7.58. The first-order chi connectivity index (χ1) is 10.5. The van der Waals surface area contributed by atoms with Gasteiger partial charge in [-0.2, -0.15) is 4.98 Å². The Balaban J connectivity index is 2.05. The Kier molecular flexibility index (Phi) is 5.76. The maximum absolute atomic E-state index is 12.3. The fourth-order valence-electron chi connectivity index (χ4n) is 2.33. The van der Waals surface area contributed by atoms with Crippen molar-refractivity contribution in [2.24, 2.45) is 0 Å². The third kappa shape index (κ3) is 3.97. The Bertz CT molecular complexity index is 649. The summed E-state index contributed by atoms with van der Waals surface area (Å²) in [4.78, 5) is 22.9. The molecule has 0 aliphatic rings. The van der Waals surface area contributed by atoms with Gasteiger partial charge in [0.25, 0.3) is 5.78 Å². The molecule has 2 aromatic rings. The number of rotatable bonds is 7. The van der Waals surface area contributed by atoms with Gasteiger partial charge in [0.05, 0.1) is 5.75 Å². The summed E-state index contributed by atoms with van der Waals surface area (Å²) in [6, 6.07) is 1.96. The summed E-state index contributed by atoms with van der Waals surface area (Å²) in [6.45, 7) is 9.70. The number of amides is 1. The summed E-state index contributed by atoms with van der Waals surface area (Å²) in [5.41, 5.74) is 1.91. The molecule has 0 atom stereocenters. The number of hydrogen-bond donors (Lipinski definition) is 0. The van der Waals surface area contributed by atoms with Crippen LogP contribution in [0.25, 0.3) is 5.78 Å². The summed E-state index contributed by atoms with van der Waals surface area (Å²) >= 11 is 1.37. The first-order valence-electron chi connectivity index (χ1n) is 7.66. The number of thioether (sulfide) groups is 1. The van der Waals surface area contributed by atoms with Crippen molar-refractivity contribution in [2.75, 3.05) is 18.8 Å². The Morgan fingerprint density at radius 1 is 1.23 bits per heavy atom. The monoisotopic (exact) mass is 321 g/mol. The summed E-state index contributed by atoms with van der Waals surface area (Å²) in [7, 11) is 0. The van der Waals surface area contributed by atoms with Crippen LogP contribution in [-0.4, -0.2) is 49.2 Å². The molecule has 0 spiro atoms. The molecular formula is C15H23N5OS. The van der Waals surface area contributed by atoms with Gasteiger partial charge < -0.3 is 4.90 Å². The van der Waals surface area contributed by atoms with Gasteiger partial charge in [0.2, 0.25) is 11.1 Å². The third-order valence-corrected chi connectivity index (χ3v) is 4.09. The largest absolute Gasteiger partial charge is 0.342 e. The summed E-state index contributed by atoms with van der Waals surface area (Å²) in [5.74, 6) is 1.11. The van der Waals surface area contributed by atoms with Crippen molar-refractivity contribution in [1.29, 1.82) is 0 Å². The van der Waals surface area contributed by atoms with E-state index in [0.717, 1.165) is 37.3 Å². The predicted molar refractivity (Wildman–Crippen MR) is 88.1 cm³/mol. The van der Waals surface area contributed by atoms with Gasteiger partial charge in [-0.05, 0) is 32.8 Å². The Morgan fingerprint density at radius 3 is 2.55 bits per heavy atom. The Morgan fingerprint density at radius 2 is 1.91 bits per heavy atom. The quantitative estimate of drug-likeness (QED) is 0.733. The molecule has 0 fully saturated rings. The standard InChI is InChI=1S/C15H23N5OS/c1-5-7-19(8-6-2)13(21)10-22-15-17-14-16-11(3)9-12(4)20(14)18-15/h9H,5-8,10H2,1-4H3. The molecule has 7 heteroatoms. The van der Waals surface area contributed by atoms with Gasteiger partial charge in [-0.15, -0.1) is 5.10 Å². The van der Waals surface area contributed by atoms with Gasteiger partial charge in [0.15, 0.2) is 0 Å². The third-order valence-electron chi connectivity index (χ3n) is 3.26. The van der Waals surface area contributed by atoms with E-state index in [2.05, 4.69) is 28.9 Å². The van der Waals surface area contributed by atoms with Crippen LogP contribution in [0.15, 0.2) is 11.2 Å². The molecule has 0 saturated heterocycles. The lowest BCUT2D eigenvalue weighted by Crippen LogP contribution is -2.33. The van der Waals surface area contributed by atoms with Crippen LogP contribution in [-0.2, 0) is 4.79 Å². The minimum absolute atomic E-state index is 0.147. The zero-order valence-corrected chi connectivity index (χ0v) is 14.5. The van der Waals surface area contributed by atoms with E-state index in [9.17, 15) is 4.79 Å². The maximum Gasteiger partial charge on any atom is 0.253 e. The molecule has 1 amide bonds. The van der Waals surface area contributed by atoms with E-state index < -0.39 is 0 Å². The summed E-state index contributed by atoms with van der Waals surface area (Å²) in [5, 5.41) is 5.01. The number of fused-ring (bicyclic) bond motifs is 1. The van der Waals surface area contributed by atoms with E-state index in [4.69, 9.17) is 0 Å². The fraction of sp³-hybridized carbons (Fsp3) is 0.600. The molecule has 0 unspecified atom stereocenters. The van der Waals surface area contributed by atoms with Crippen LogP contribution in [0.1, 0.15) is 38.1 Å². The normalized spacial score (nSPS) is 11.1. The van der Waals surface area contributed by atoms with Crippen LogP contribution in [0.5, 0.6) is 0 Å². The van der Waals surface area contributed by atoms with Gasteiger partial charge in [-0.3, -0.25) is 4.79 Å². The number of nitrogens with zero attached hydrogens (tertiary/aromatic N) is 5. The van der Waals surface area contributed by atoms with E-state index in [1.807, 2.05) is 24.8 Å². The zero-order chi connectivity index (χ0) is 16.1. The zero-order valence-electron chi connectivity index (χ0n) is 13.7. The van der Waals surface area contributed by atoms with Gasteiger partial charge in [0.1, 0.15) is 0 Å². The highest BCUT2D eigenvalue weighted by atomic mass is 32.2. The van der Waals surface area contributed by atoms with E-state index >= 15 is 0 Å². The second-order valence-electron chi connectivity index (χ2n) is 5.31. The van der Waals surface area contributed by atoms with Crippen molar-refractivity contribution in [3.05, 3.63) is 17.5 Å². The van der Waals surface area contributed by atoms with Crippen LogP contribution < -0.4 is 0 Å². The fourth-order valence-corrected chi connectivity index (χ4v) is 3.05. The molecular weight excluding hydrogens is 298 g/mol. The van der Waals surface area contributed by atoms with Crippen molar-refractivity contribution in [3.8, 4) is 0 Å². The molecule has 0 aliphatic heterocycles. The molecule has 6 nitrogen and oxygen atoms in total. The first-order valence-corrected chi connectivity index (χ1v) is 8.65. The highest BCUT2D eigenvalue weighted by Gasteiger charge is 2.14. The van der Waals surface area contributed by atoms with Crippen molar-refractivity contribution in [3.63, 3.8) is 0 Å². The van der Waals surface area contributed by atoms with Crippen molar-refractivity contribution < 1.29 is 4.79 Å². The minimum atomic E-state index is 0.147. The Labute approximate surface area is 135 Å².